The average Bonchev–Trinajstić information content (AvgIpc) is 2.29. The Hall–Kier alpha value is -1.56. The lowest BCUT2D eigenvalue weighted by atomic mass is 10.1. The Morgan fingerprint density at radius 1 is 1.33 bits per heavy atom. The van der Waals surface area contributed by atoms with Crippen molar-refractivity contribution in [3.8, 4) is 0 Å². The van der Waals surface area contributed by atoms with Crippen LogP contribution in [0.1, 0.15) is 22.8 Å². The number of hydrogen-bond donors (Lipinski definition) is 2. The van der Waals surface area contributed by atoms with Crippen LogP contribution in [0.25, 0.3) is 0 Å². The SMILES string of the molecule is C[C@@H](NC(=O)c1ccc(CCN)cc1)C(F)(F)F. The van der Waals surface area contributed by atoms with Crippen molar-refractivity contribution in [2.45, 2.75) is 25.6 Å². The number of benzene rings is 1. The third kappa shape index (κ3) is 4.03. The number of nitrogens with two attached hydrogens (primary N) is 1. The first-order valence-electron chi connectivity index (χ1n) is 5.51. The number of nitrogens with one attached hydrogen (secondary N) is 1. The van der Waals surface area contributed by atoms with Crippen LogP contribution in [0.4, 0.5) is 13.2 Å². The summed E-state index contributed by atoms with van der Waals surface area (Å²) in [5.74, 6) is -0.737. The molecule has 0 spiro atoms. The zero-order chi connectivity index (χ0) is 13.8. The second kappa shape index (κ2) is 5.86. The highest BCUT2D eigenvalue weighted by molar-refractivity contribution is 5.94. The quantitative estimate of drug-likeness (QED) is 0.868. The Kier molecular flexibility index (Phi) is 4.72. The lowest BCUT2D eigenvalue weighted by molar-refractivity contribution is -0.149. The summed E-state index contributed by atoms with van der Waals surface area (Å²) in [6, 6.07) is 4.47. The summed E-state index contributed by atoms with van der Waals surface area (Å²) in [4.78, 5) is 11.5. The fourth-order valence-electron chi connectivity index (χ4n) is 1.35. The molecule has 0 aliphatic rings. The molecule has 0 saturated carbocycles. The summed E-state index contributed by atoms with van der Waals surface area (Å²) in [6.07, 6.45) is -3.77. The van der Waals surface area contributed by atoms with Gasteiger partial charge >= 0.3 is 6.18 Å². The van der Waals surface area contributed by atoms with Crippen LogP contribution in [-0.2, 0) is 6.42 Å². The molecule has 0 aromatic heterocycles. The number of rotatable bonds is 4. The predicted molar refractivity (Wildman–Crippen MR) is 62.2 cm³/mol. The minimum atomic E-state index is -4.44. The minimum Gasteiger partial charge on any atom is -0.341 e. The Balaban J connectivity index is 2.67. The molecule has 100 valence electrons. The molecule has 1 rings (SSSR count). The molecule has 0 radical (unpaired) electrons. The number of amides is 1. The monoisotopic (exact) mass is 260 g/mol. The maximum absolute atomic E-state index is 12.3. The van der Waals surface area contributed by atoms with Gasteiger partial charge in [-0.05, 0) is 37.6 Å². The largest absolute Gasteiger partial charge is 0.408 e. The third-order valence-electron chi connectivity index (χ3n) is 2.49. The highest BCUT2D eigenvalue weighted by atomic mass is 19.4. The van der Waals surface area contributed by atoms with Gasteiger partial charge in [0.25, 0.3) is 5.91 Å². The zero-order valence-corrected chi connectivity index (χ0v) is 9.92. The topological polar surface area (TPSA) is 55.1 Å². The van der Waals surface area contributed by atoms with Gasteiger partial charge in [-0.2, -0.15) is 13.2 Å². The van der Waals surface area contributed by atoms with Crippen molar-refractivity contribution in [3.05, 3.63) is 35.4 Å². The number of hydrogen-bond acceptors (Lipinski definition) is 2. The predicted octanol–water partition coefficient (Wildman–Crippen LogP) is 1.87. The Labute approximate surface area is 103 Å². The van der Waals surface area contributed by atoms with Crippen LogP contribution in [0, 0.1) is 0 Å². The third-order valence-corrected chi connectivity index (χ3v) is 2.49. The van der Waals surface area contributed by atoms with Gasteiger partial charge in [-0.25, -0.2) is 0 Å². The molecule has 0 saturated heterocycles. The van der Waals surface area contributed by atoms with E-state index in [9.17, 15) is 18.0 Å². The van der Waals surface area contributed by atoms with Gasteiger partial charge in [-0.3, -0.25) is 4.79 Å². The van der Waals surface area contributed by atoms with E-state index in [0.29, 0.717) is 13.0 Å². The van der Waals surface area contributed by atoms with Gasteiger partial charge in [0.15, 0.2) is 0 Å². The number of carbonyl (C=O) groups excluding carboxylic acids is 1. The molecule has 0 heterocycles. The number of halogens is 3. The zero-order valence-electron chi connectivity index (χ0n) is 9.92. The molecular formula is C12H15F3N2O. The maximum Gasteiger partial charge on any atom is 0.408 e. The molecule has 3 nitrogen and oxygen atoms in total. The van der Waals surface area contributed by atoms with Gasteiger partial charge in [-0.1, -0.05) is 12.1 Å². The summed E-state index contributed by atoms with van der Waals surface area (Å²) in [7, 11) is 0. The van der Waals surface area contributed by atoms with Crippen molar-refractivity contribution in [2.24, 2.45) is 5.73 Å². The molecule has 0 unspecified atom stereocenters. The van der Waals surface area contributed by atoms with Crippen molar-refractivity contribution < 1.29 is 18.0 Å². The van der Waals surface area contributed by atoms with Crippen LogP contribution in [0.3, 0.4) is 0 Å². The second-order valence-corrected chi connectivity index (χ2v) is 3.97. The molecule has 0 bridgehead atoms. The van der Waals surface area contributed by atoms with E-state index < -0.39 is 18.1 Å². The lowest BCUT2D eigenvalue weighted by Crippen LogP contribution is -2.43. The van der Waals surface area contributed by atoms with Gasteiger partial charge < -0.3 is 11.1 Å². The normalized spacial score (nSPS) is 13.2. The van der Waals surface area contributed by atoms with Crippen LogP contribution < -0.4 is 11.1 Å². The summed E-state index contributed by atoms with van der Waals surface area (Å²) >= 11 is 0. The first-order chi connectivity index (χ1) is 8.34. The fourth-order valence-corrected chi connectivity index (χ4v) is 1.35. The van der Waals surface area contributed by atoms with Gasteiger partial charge in [-0.15, -0.1) is 0 Å². The Morgan fingerprint density at radius 2 is 1.89 bits per heavy atom. The van der Waals surface area contributed by atoms with E-state index in [4.69, 9.17) is 5.73 Å². The minimum absolute atomic E-state index is 0.201. The summed E-state index contributed by atoms with van der Waals surface area (Å²) < 4.78 is 36.8. The van der Waals surface area contributed by atoms with Crippen LogP contribution in [-0.4, -0.2) is 24.7 Å². The number of alkyl halides is 3. The van der Waals surface area contributed by atoms with Crippen LogP contribution >= 0.6 is 0 Å². The van der Waals surface area contributed by atoms with E-state index in [1.807, 2.05) is 5.32 Å². The van der Waals surface area contributed by atoms with E-state index in [-0.39, 0.29) is 5.56 Å². The molecule has 1 aromatic rings. The van der Waals surface area contributed by atoms with E-state index in [1.54, 1.807) is 12.1 Å². The summed E-state index contributed by atoms with van der Waals surface area (Å²) in [5.41, 5.74) is 6.51. The van der Waals surface area contributed by atoms with Gasteiger partial charge in [0.2, 0.25) is 0 Å². The molecule has 3 N–H and O–H groups in total. The van der Waals surface area contributed by atoms with Crippen LogP contribution in [0.5, 0.6) is 0 Å². The highest BCUT2D eigenvalue weighted by Crippen LogP contribution is 2.19. The van der Waals surface area contributed by atoms with Crippen molar-refractivity contribution >= 4 is 5.91 Å². The van der Waals surface area contributed by atoms with Crippen LogP contribution in [0.2, 0.25) is 0 Å². The molecule has 18 heavy (non-hydrogen) atoms. The van der Waals surface area contributed by atoms with Gasteiger partial charge in [0.1, 0.15) is 6.04 Å². The summed E-state index contributed by atoms with van der Waals surface area (Å²) in [6.45, 7) is 1.39. The van der Waals surface area contributed by atoms with Crippen molar-refractivity contribution in [1.29, 1.82) is 0 Å². The van der Waals surface area contributed by atoms with E-state index in [0.717, 1.165) is 12.5 Å². The van der Waals surface area contributed by atoms with Crippen molar-refractivity contribution in [1.82, 2.24) is 5.32 Å². The standard InChI is InChI=1S/C12H15F3N2O/c1-8(12(13,14)15)17-11(18)10-4-2-9(3-5-10)6-7-16/h2-5,8H,6-7,16H2,1H3,(H,17,18)/t8-/m1/s1. The molecule has 1 aromatic carbocycles. The molecule has 6 heteroatoms. The second-order valence-electron chi connectivity index (χ2n) is 3.97. The average molecular weight is 260 g/mol. The van der Waals surface area contributed by atoms with E-state index in [2.05, 4.69) is 0 Å². The van der Waals surface area contributed by atoms with Crippen LogP contribution in [0.15, 0.2) is 24.3 Å². The first-order valence-corrected chi connectivity index (χ1v) is 5.51. The first kappa shape index (κ1) is 14.5. The Morgan fingerprint density at radius 3 is 2.33 bits per heavy atom. The lowest BCUT2D eigenvalue weighted by Gasteiger charge is -2.17. The molecular weight excluding hydrogens is 245 g/mol. The highest BCUT2D eigenvalue weighted by Gasteiger charge is 2.37. The van der Waals surface area contributed by atoms with Crippen molar-refractivity contribution in [2.75, 3.05) is 6.54 Å². The molecule has 0 aliphatic heterocycles. The van der Waals surface area contributed by atoms with E-state index >= 15 is 0 Å². The summed E-state index contributed by atoms with van der Waals surface area (Å²) in [5, 5.41) is 1.90. The van der Waals surface area contributed by atoms with E-state index in [1.165, 1.54) is 12.1 Å². The maximum atomic E-state index is 12.3. The van der Waals surface area contributed by atoms with Gasteiger partial charge in [0.05, 0.1) is 0 Å². The molecule has 1 atom stereocenters. The number of carbonyl (C=O) groups is 1. The van der Waals surface area contributed by atoms with Crippen molar-refractivity contribution in [3.63, 3.8) is 0 Å². The smallest absolute Gasteiger partial charge is 0.341 e. The molecule has 1 amide bonds. The fraction of sp³-hybridized carbons (Fsp3) is 0.417. The Bertz CT molecular complexity index is 401. The van der Waals surface area contributed by atoms with Gasteiger partial charge in [0, 0.05) is 5.56 Å². The molecule has 0 fully saturated rings. The molecule has 0 aliphatic carbocycles.